The quantitative estimate of drug-likeness (QED) is 0.671. The highest BCUT2D eigenvalue weighted by Gasteiger charge is 2.18. The molecule has 0 atom stereocenters. The Kier molecular flexibility index (Phi) is 4.35. The minimum atomic E-state index is -0.290. The first-order chi connectivity index (χ1) is 12.7. The number of aromatic nitrogens is 2. The number of benzene rings is 2. The van der Waals surface area contributed by atoms with Gasteiger partial charge in [-0.1, -0.05) is 18.2 Å². The van der Waals surface area contributed by atoms with E-state index in [4.69, 9.17) is 0 Å². The van der Waals surface area contributed by atoms with Crippen molar-refractivity contribution in [2.45, 2.75) is 6.42 Å². The number of hydrogen-bond donors (Lipinski definition) is 0. The Morgan fingerprint density at radius 2 is 1.77 bits per heavy atom. The number of nitrogens with zero attached hydrogens (tertiary/aromatic N) is 3. The van der Waals surface area contributed by atoms with E-state index in [9.17, 15) is 9.18 Å². The van der Waals surface area contributed by atoms with Gasteiger partial charge in [0.05, 0.1) is 11.4 Å². The fourth-order valence-electron chi connectivity index (χ4n) is 2.86. The number of rotatable bonds is 4. The molecule has 1 fully saturated rings. The molecule has 0 bridgehead atoms. The molecular weight excluding hydrogens is 329 g/mol. The van der Waals surface area contributed by atoms with E-state index in [1.807, 2.05) is 36.5 Å². The van der Waals surface area contributed by atoms with Crippen molar-refractivity contribution in [3.8, 4) is 16.9 Å². The Hall–Kier alpha value is -3.21. The Labute approximate surface area is 151 Å². The maximum atomic E-state index is 13.3. The number of hydrogen-bond acceptors (Lipinski definition) is 2. The van der Waals surface area contributed by atoms with Crippen molar-refractivity contribution in [2.24, 2.45) is 0 Å². The van der Waals surface area contributed by atoms with Crippen LogP contribution in [0.2, 0.25) is 0 Å². The third kappa shape index (κ3) is 3.28. The van der Waals surface area contributed by atoms with Gasteiger partial charge in [0.1, 0.15) is 5.82 Å². The average Bonchev–Trinajstić information content (AvgIpc) is 3.04. The van der Waals surface area contributed by atoms with Crippen LogP contribution in [0.3, 0.4) is 0 Å². The van der Waals surface area contributed by atoms with E-state index >= 15 is 0 Å². The Morgan fingerprint density at radius 1 is 1.04 bits per heavy atom. The third-order valence-corrected chi connectivity index (χ3v) is 4.45. The van der Waals surface area contributed by atoms with Gasteiger partial charge in [0.15, 0.2) is 0 Å². The van der Waals surface area contributed by atoms with Crippen LogP contribution < -0.4 is 0 Å². The fraction of sp³-hybridized carbons (Fsp3) is 0.143. The molecule has 0 unspecified atom stereocenters. The molecule has 2 aromatic carbocycles. The summed E-state index contributed by atoms with van der Waals surface area (Å²) in [6.07, 6.45) is 6.31. The fourth-order valence-corrected chi connectivity index (χ4v) is 2.86. The molecule has 1 amide bonds. The lowest BCUT2D eigenvalue weighted by molar-refractivity contribution is -0.129. The van der Waals surface area contributed by atoms with E-state index in [1.54, 1.807) is 33.9 Å². The van der Waals surface area contributed by atoms with Gasteiger partial charge in [0.2, 0.25) is 5.91 Å². The van der Waals surface area contributed by atoms with Crippen molar-refractivity contribution in [1.82, 2.24) is 14.7 Å². The minimum absolute atomic E-state index is 0.00812. The van der Waals surface area contributed by atoms with Crippen LogP contribution >= 0.6 is 0 Å². The maximum absolute atomic E-state index is 13.3. The lowest BCUT2D eigenvalue weighted by atomic mass is 10.1. The van der Waals surface area contributed by atoms with E-state index in [0.29, 0.717) is 5.69 Å². The molecule has 0 radical (unpaired) electrons. The number of amides is 1. The number of para-hydroxylation sites is 1. The van der Waals surface area contributed by atoms with Gasteiger partial charge in [-0.15, -0.1) is 0 Å². The lowest BCUT2D eigenvalue weighted by Gasteiger charge is -2.29. The molecule has 1 saturated heterocycles. The molecule has 130 valence electrons. The molecule has 0 N–H and O–H groups in total. The molecule has 0 spiro atoms. The van der Waals surface area contributed by atoms with Gasteiger partial charge in [-0.25, -0.2) is 9.07 Å². The molecule has 26 heavy (non-hydrogen) atoms. The monoisotopic (exact) mass is 347 g/mol. The molecular formula is C21H18FN3O. The van der Waals surface area contributed by atoms with Gasteiger partial charge in [-0.05, 0) is 48.9 Å². The van der Waals surface area contributed by atoms with Gasteiger partial charge in [-0.2, -0.15) is 5.10 Å². The molecule has 2 heterocycles. The number of likely N-dealkylation sites (tertiary alicyclic amines) is 1. The molecule has 0 saturated carbocycles. The number of halogens is 1. The van der Waals surface area contributed by atoms with Crippen molar-refractivity contribution < 1.29 is 9.18 Å². The predicted octanol–water partition coefficient (Wildman–Crippen LogP) is 3.92. The molecule has 1 aromatic heterocycles. The highest BCUT2D eigenvalue weighted by atomic mass is 19.1. The zero-order valence-corrected chi connectivity index (χ0v) is 14.2. The maximum Gasteiger partial charge on any atom is 0.246 e. The first-order valence-corrected chi connectivity index (χ1v) is 8.59. The van der Waals surface area contributed by atoms with E-state index < -0.39 is 0 Å². The average molecular weight is 347 g/mol. The van der Waals surface area contributed by atoms with Crippen molar-refractivity contribution >= 4 is 12.0 Å². The molecule has 4 nitrogen and oxygen atoms in total. The van der Waals surface area contributed by atoms with Crippen LogP contribution in [0.25, 0.3) is 23.0 Å². The Balaban J connectivity index is 1.72. The summed E-state index contributed by atoms with van der Waals surface area (Å²) in [5, 5.41) is 4.66. The van der Waals surface area contributed by atoms with E-state index in [2.05, 4.69) is 5.10 Å². The first-order valence-electron chi connectivity index (χ1n) is 8.59. The highest BCUT2D eigenvalue weighted by molar-refractivity contribution is 5.93. The molecule has 3 aromatic rings. The summed E-state index contributed by atoms with van der Waals surface area (Å²) in [5.41, 5.74) is 3.25. The van der Waals surface area contributed by atoms with Crippen LogP contribution in [-0.2, 0) is 4.79 Å². The summed E-state index contributed by atoms with van der Waals surface area (Å²) >= 11 is 0. The summed E-state index contributed by atoms with van der Waals surface area (Å²) in [7, 11) is 0. The molecule has 5 heteroatoms. The number of carbonyl (C=O) groups excluding carboxylic acids is 1. The summed E-state index contributed by atoms with van der Waals surface area (Å²) in [6, 6.07) is 16.0. The van der Waals surface area contributed by atoms with Crippen molar-refractivity contribution in [3.05, 3.63) is 78.3 Å². The van der Waals surface area contributed by atoms with Crippen LogP contribution in [-0.4, -0.2) is 33.7 Å². The topological polar surface area (TPSA) is 38.1 Å². The second-order valence-corrected chi connectivity index (χ2v) is 6.23. The third-order valence-electron chi connectivity index (χ3n) is 4.45. The zero-order chi connectivity index (χ0) is 17.9. The van der Waals surface area contributed by atoms with E-state index in [1.165, 1.54) is 12.1 Å². The van der Waals surface area contributed by atoms with Crippen molar-refractivity contribution in [2.75, 3.05) is 13.1 Å². The SMILES string of the molecule is O=C(/C=C/c1cn(-c2ccccc2)nc1-c1ccc(F)cc1)N1CCC1. The van der Waals surface area contributed by atoms with Crippen molar-refractivity contribution in [3.63, 3.8) is 0 Å². The van der Waals surface area contributed by atoms with Gasteiger partial charge in [0.25, 0.3) is 0 Å². The molecule has 4 rings (SSSR count). The second-order valence-electron chi connectivity index (χ2n) is 6.23. The van der Waals surface area contributed by atoms with Crippen LogP contribution in [0.15, 0.2) is 66.9 Å². The summed E-state index contributed by atoms with van der Waals surface area (Å²) in [4.78, 5) is 13.9. The van der Waals surface area contributed by atoms with E-state index in [0.717, 1.165) is 36.3 Å². The molecule has 1 aliphatic heterocycles. The van der Waals surface area contributed by atoms with Crippen LogP contribution in [0.4, 0.5) is 4.39 Å². The summed E-state index contributed by atoms with van der Waals surface area (Å²) in [6.45, 7) is 1.63. The van der Waals surface area contributed by atoms with Crippen LogP contribution in [0.5, 0.6) is 0 Å². The minimum Gasteiger partial charge on any atom is -0.339 e. The lowest BCUT2D eigenvalue weighted by Crippen LogP contribution is -2.40. The summed E-state index contributed by atoms with van der Waals surface area (Å²) < 4.78 is 15.0. The standard InChI is InChI=1S/C21H18FN3O/c22-18-10-7-16(8-11-18)21-17(9-12-20(26)24-13-4-14-24)15-25(23-21)19-5-2-1-3-6-19/h1-3,5-12,15H,4,13-14H2/b12-9+. The van der Waals surface area contributed by atoms with Crippen molar-refractivity contribution in [1.29, 1.82) is 0 Å². The van der Waals surface area contributed by atoms with Crippen LogP contribution in [0, 0.1) is 5.82 Å². The molecule has 0 aliphatic carbocycles. The van der Waals surface area contributed by atoms with Gasteiger partial charge >= 0.3 is 0 Å². The number of carbonyl (C=O) groups is 1. The smallest absolute Gasteiger partial charge is 0.246 e. The second kappa shape index (κ2) is 6.96. The summed E-state index contributed by atoms with van der Waals surface area (Å²) in [5.74, 6) is -0.282. The van der Waals surface area contributed by atoms with Gasteiger partial charge in [-0.3, -0.25) is 4.79 Å². The predicted molar refractivity (Wildman–Crippen MR) is 99.2 cm³/mol. The largest absolute Gasteiger partial charge is 0.339 e. The highest BCUT2D eigenvalue weighted by Crippen LogP contribution is 2.25. The van der Waals surface area contributed by atoms with Gasteiger partial charge in [0, 0.05) is 36.5 Å². The van der Waals surface area contributed by atoms with Gasteiger partial charge < -0.3 is 4.90 Å². The normalized spacial score (nSPS) is 13.8. The van der Waals surface area contributed by atoms with Crippen LogP contribution in [0.1, 0.15) is 12.0 Å². The van der Waals surface area contributed by atoms with E-state index in [-0.39, 0.29) is 11.7 Å². The molecule has 1 aliphatic rings. The Morgan fingerprint density at radius 3 is 2.42 bits per heavy atom. The first kappa shape index (κ1) is 16.3. The zero-order valence-electron chi connectivity index (χ0n) is 14.2. The Bertz CT molecular complexity index is 941.